The summed E-state index contributed by atoms with van der Waals surface area (Å²) in [5.74, 6) is 2.59. The van der Waals surface area contributed by atoms with Gasteiger partial charge in [-0.05, 0) is 44.0 Å². The highest BCUT2D eigenvalue weighted by molar-refractivity contribution is 8.14. The highest BCUT2D eigenvalue weighted by atomic mass is 32.2. The minimum Gasteiger partial charge on any atom is -0.491 e. The third-order valence-corrected chi connectivity index (χ3v) is 3.91. The maximum absolute atomic E-state index is 5.62. The molecule has 0 aromatic heterocycles. The Morgan fingerprint density at radius 2 is 1.89 bits per heavy atom. The summed E-state index contributed by atoms with van der Waals surface area (Å²) < 4.78 is 5.62. The van der Waals surface area contributed by atoms with Crippen molar-refractivity contribution >= 4 is 22.6 Å². The topological polar surface area (TPSA) is 33.6 Å². The van der Waals surface area contributed by atoms with Gasteiger partial charge in [-0.25, -0.2) is 0 Å². The Morgan fingerprint density at radius 3 is 2.42 bits per heavy atom. The minimum atomic E-state index is 0.209. The second kappa shape index (κ2) is 6.33. The van der Waals surface area contributed by atoms with Gasteiger partial charge in [0.15, 0.2) is 5.17 Å². The van der Waals surface area contributed by atoms with Gasteiger partial charge in [-0.2, -0.15) is 0 Å². The molecule has 0 radical (unpaired) electrons. The minimum absolute atomic E-state index is 0.209. The van der Waals surface area contributed by atoms with Gasteiger partial charge in [-0.1, -0.05) is 25.6 Å². The lowest BCUT2D eigenvalue weighted by atomic mass is 10.1. The number of nitrogens with zero attached hydrogens (tertiary/aromatic N) is 1. The molecule has 4 heteroatoms. The first-order valence-electron chi connectivity index (χ1n) is 6.79. The van der Waals surface area contributed by atoms with E-state index in [0.29, 0.717) is 12.0 Å². The molecule has 2 rings (SSSR count). The third kappa shape index (κ3) is 4.16. The zero-order valence-corrected chi connectivity index (χ0v) is 12.8. The van der Waals surface area contributed by atoms with E-state index in [9.17, 15) is 0 Å². The molecule has 0 saturated heterocycles. The van der Waals surface area contributed by atoms with Gasteiger partial charge >= 0.3 is 0 Å². The van der Waals surface area contributed by atoms with Gasteiger partial charge in [-0.15, -0.1) is 0 Å². The van der Waals surface area contributed by atoms with Crippen LogP contribution in [-0.4, -0.2) is 23.1 Å². The van der Waals surface area contributed by atoms with Gasteiger partial charge in [0.2, 0.25) is 0 Å². The second-order valence-electron chi connectivity index (χ2n) is 5.37. The largest absolute Gasteiger partial charge is 0.491 e. The van der Waals surface area contributed by atoms with Crippen LogP contribution in [0.2, 0.25) is 0 Å². The smallest absolute Gasteiger partial charge is 0.161 e. The fraction of sp³-hybridized carbons (Fsp3) is 0.533. The number of thioether (sulfide) groups is 1. The van der Waals surface area contributed by atoms with E-state index in [4.69, 9.17) is 9.73 Å². The van der Waals surface area contributed by atoms with Crippen molar-refractivity contribution in [2.45, 2.75) is 39.8 Å². The highest BCUT2D eigenvalue weighted by Gasteiger charge is 2.20. The number of amidine groups is 1. The average Bonchev–Trinajstić information content (AvgIpc) is 2.80. The Kier molecular flexibility index (Phi) is 4.75. The summed E-state index contributed by atoms with van der Waals surface area (Å²) in [6.07, 6.45) is 0.209. The lowest BCUT2D eigenvalue weighted by Gasteiger charge is -2.10. The Bertz CT molecular complexity index is 440. The summed E-state index contributed by atoms with van der Waals surface area (Å²) in [5.41, 5.74) is 1.06. The molecule has 1 atom stereocenters. The molecule has 0 spiro atoms. The van der Waals surface area contributed by atoms with Gasteiger partial charge in [0.25, 0.3) is 0 Å². The Morgan fingerprint density at radius 1 is 1.21 bits per heavy atom. The molecule has 0 fully saturated rings. The number of hydrogen-bond acceptors (Lipinski definition) is 4. The van der Waals surface area contributed by atoms with Gasteiger partial charge in [0, 0.05) is 11.4 Å². The molecular formula is C15H22N2OS. The third-order valence-electron chi connectivity index (χ3n) is 2.92. The molecular weight excluding hydrogens is 256 g/mol. The Hall–Kier alpha value is -1.16. The second-order valence-corrected chi connectivity index (χ2v) is 6.38. The molecule has 1 aliphatic heterocycles. The van der Waals surface area contributed by atoms with Gasteiger partial charge in [0.1, 0.15) is 5.75 Å². The maximum atomic E-state index is 5.62. The number of rotatable bonds is 4. The van der Waals surface area contributed by atoms with Crippen LogP contribution in [0.4, 0.5) is 5.69 Å². The van der Waals surface area contributed by atoms with E-state index in [1.807, 2.05) is 38.1 Å². The van der Waals surface area contributed by atoms with E-state index in [-0.39, 0.29) is 6.10 Å². The fourth-order valence-corrected chi connectivity index (χ4v) is 3.00. The quantitative estimate of drug-likeness (QED) is 0.903. The van der Waals surface area contributed by atoms with E-state index >= 15 is 0 Å². The zero-order valence-electron chi connectivity index (χ0n) is 12.0. The molecule has 0 saturated carbocycles. The monoisotopic (exact) mass is 278 g/mol. The van der Waals surface area contributed by atoms with Crippen molar-refractivity contribution in [2.24, 2.45) is 10.9 Å². The van der Waals surface area contributed by atoms with Crippen LogP contribution in [0.25, 0.3) is 0 Å². The molecule has 0 amide bonds. The van der Waals surface area contributed by atoms with Crippen molar-refractivity contribution in [3.63, 3.8) is 0 Å². The summed E-state index contributed by atoms with van der Waals surface area (Å²) in [6.45, 7) is 8.50. The van der Waals surface area contributed by atoms with Crippen LogP contribution < -0.4 is 10.1 Å². The molecule has 19 heavy (non-hydrogen) atoms. The molecule has 1 heterocycles. The number of aliphatic imine (C=N–C) groups is 1. The van der Waals surface area contributed by atoms with Gasteiger partial charge < -0.3 is 10.1 Å². The lowest BCUT2D eigenvalue weighted by Crippen LogP contribution is -2.12. The van der Waals surface area contributed by atoms with Crippen LogP contribution in [0.1, 0.15) is 27.7 Å². The molecule has 104 valence electrons. The first kappa shape index (κ1) is 14.3. The average molecular weight is 278 g/mol. The fourth-order valence-electron chi connectivity index (χ4n) is 1.81. The summed E-state index contributed by atoms with van der Waals surface area (Å²) in [5, 5.41) is 4.39. The van der Waals surface area contributed by atoms with Crippen molar-refractivity contribution in [2.75, 3.05) is 11.1 Å². The number of hydrogen-bond donors (Lipinski definition) is 1. The van der Waals surface area contributed by atoms with E-state index < -0.39 is 0 Å². The predicted molar refractivity (Wildman–Crippen MR) is 84.3 cm³/mol. The summed E-state index contributed by atoms with van der Waals surface area (Å²) in [7, 11) is 0. The van der Waals surface area contributed by atoms with E-state index in [1.54, 1.807) is 11.8 Å². The number of benzene rings is 1. The van der Waals surface area contributed by atoms with Crippen molar-refractivity contribution in [1.29, 1.82) is 0 Å². The SMILES string of the molecule is CC(C)Oc1ccc(NC2=N[C@@H](C(C)C)CS2)cc1. The van der Waals surface area contributed by atoms with Crippen LogP contribution in [0, 0.1) is 5.92 Å². The molecule has 1 aromatic carbocycles. The Labute approximate surface area is 119 Å². The van der Waals surface area contributed by atoms with Crippen molar-refractivity contribution in [3.05, 3.63) is 24.3 Å². The molecule has 1 aliphatic rings. The van der Waals surface area contributed by atoms with Crippen LogP contribution in [0.5, 0.6) is 5.75 Å². The van der Waals surface area contributed by atoms with E-state index in [1.165, 1.54) is 0 Å². The molecule has 0 unspecified atom stereocenters. The predicted octanol–water partition coefficient (Wildman–Crippen LogP) is 4.01. The zero-order chi connectivity index (χ0) is 13.8. The van der Waals surface area contributed by atoms with E-state index in [0.717, 1.165) is 22.4 Å². The molecule has 3 nitrogen and oxygen atoms in total. The highest BCUT2D eigenvalue weighted by Crippen LogP contribution is 2.25. The first-order valence-corrected chi connectivity index (χ1v) is 7.77. The van der Waals surface area contributed by atoms with Gasteiger partial charge in [-0.3, -0.25) is 4.99 Å². The Balaban J connectivity index is 1.95. The summed E-state index contributed by atoms with van der Waals surface area (Å²) >= 11 is 1.80. The van der Waals surface area contributed by atoms with Crippen molar-refractivity contribution in [3.8, 4) is 5.75 Å². The summed E-state index contributed by atoms with van der Waals surface area (Å²) in [4.78, 5) is 4.69. The van der Waals surface area contributed by atoms with Crippen LogP contribution >= 0.6 is 11.8 Å². The maximum Gasteiger partial charge on any atom is 0.161 e. The number of ether oxygens (including phenoxy) is 1. The number of anilines is 1. The molecule has 0 bridgehead atoms. The normalized spacial score (nSPS) is 18.8. The van der Waals surface area contributed by atoms with Crippen LogP contribution in [0.15, 0.2) is 29.3 Å². The lowest BCUT2D eigenvalue weighted by molar-refractivity contribution is 0.242. The standard InChI is InChI=1S/C15H22N2OS/c1-10(2)14-9-19-15(17-14)16-12-5-7-13(8-6-12)18-11(3)4/h5-8,10-11,14H,9H2,1-4H3,(H,16,17)/t14-/m1/s1. The van der Waals surface area contributed by atoms with Crippen molar-refractivity contribution < 1.29 is 4.74 Å². The molecule has 1 N–H and O–H groups in total. The summed E-state index contributed by atoms with van der Waals surface area (Å²) in [6, 6.07) is 8.48. The van der Waals surface area contributed by atoms with Crippen molar-refractivity contribution in [1.82, 2.24) is 0 Å². The van der Waals surface area contributed by atoms with E-state index in [2.05, 4.69) is 19.2 Å². The van der Waals surface area contributed by atoms with Crippen LogP contribution in [0.3, 0.4) is 0 Å². The molecule has 0 aliphatic carbocycles. The number of nitrogens with one attached hydrogen (secondary N) is 1. The van der Waals surface area contributed by atoms with Crippen LogP contribution in [-0.2, 0) is 0 Å². The van der Waals surface area contributed by atoms with Gasteiger partial charge in [0.05, 0.1) is 12.1 Å². The first-order chi connectivity index (χ1) is 9.04. The molecule has 1 aromatic rings.